The molecule has 2 heterocycles. The minimum Gasteiger partial charge on any atom is -0.497 e. The molecule has 2 amide bonds. The van der Waals surface area contributed by atoms with Crippen molar-refractivity contribution in [1.82, 2.24) is 19.7 Å². The van der Waals surface area contributed by atoms with Gasteiger partial charge in [0.15, 0.2) is 0 Å². The van der Waals surface area contributed by atoms with Crippen molar-refractivity contribution in [3.8, 4) is 5.75 Å². The van der Waals surface area contributed by atoms with Crippen LogP contribution >= 0.6 is 0 Å². The number of aryl methyl sites for hydroxylation is 1. The first-order valence-electron chi connectivity index (χ1n) is 8.67. The number of rotatable bonds is 6. The highest BCUT2D eigenvalue weighted by Gasteiger charge is 2.34. The predicted molar refractivity (Wildman–Crippen MR) is 95.8 cm³/mol. The Kier molecular flexibility index (Phi) is 5.50. The maximum atomic E-state index is 12.7. The van der Waals surface area contributed by atoms with Gasteiger partial charge in [0, 0.05) is 31.7 Å². The number of piperazine rings is 1. The summed E-state index contributed by atoms with van der Waals surface area (Å²) in [5, 5.41) is 4.02. The molecule has 1 aromatic heterocycles. The minimum atomic E-state index is -0.468. The number of anilines is 1. The lowest BCUT2D eigenvalue weighted by Gasteiger charge is -2.39. The third-order valence-corrected chi connectivity index (χ3v) is 4.60. The van der Waals surface area contributed by atoms with E-state index in [0.717, 1.165) is 11.4 Å². The van der Waals surface area contributed by atoms with Crippen LogP contribution in [0.25, 0.3) is 0 Å². The molecule has 0 saturated carbocycles. The Labute approximate surface area is 152 Å². The standard InChI is InChI=1S/C18H23N5O3/c1-14-18(25)23(15-5-7-16(26-2)8-6-15)11-10-22(14)17(24)4-3-9-21-13-19-12-20-21/h5-8,12-14H,3-4,9-11H2,1-2H3/t14-/m0/s1. The summed E-state index contributed by atoms with van der Waals surface area (Å²) in [6, 6.07) is 6.91. The highest BCUT2D eigenvalue weighted by atomic mass is 16.5. The average Bonchev–Trinajstić information content (AvgIpc) is 3.17. The van der Waals surface area contributed by atoms with Crippen molar-refractivity contribution >= 4 is 17.5 Å². The molecule has 26 heavy (non-hydrogen) atoms. The highest BCUT2D eigenvalue weighted by molar-refractivity contribution is 6.00. The molecule has 8 nitrogen and oxygen atoms in total. The first-order valence-corrected chi connectivity index (χ1v) is 8.67. The van der Waals surface area contributed by atoms with Gasteiger partial charge in [-0.3, -0.25) is 14.3 Å². The van der Waals surface area contributed by atoms with E-state index < -0.39 is 6.04 Å². The summed E-state index contributed by atoms with van der Waals surface area (Å²) in [5.41, 5.74) is 0.820. The zero-order valence-corrected chi connectivity index (χ0v) is 15.0. The summed E-state index contributed by atoms with van der Waals surface area (Å²) in [4.78, 5) is 32.5. The zero-order valence-electron chi connectivity index (χ0n) is 15.0. The molecule has 3 rings (SSSR count). The van der Waals surface area contributed by atoms with Gasteiger partial charge in [-0.1, -0.05) is 0 Å². The number of hydrogen-bond acceptors (Lipinski definition) is 5. The first kappa shape index (κ1) is 17.9. The van der Waals surface area contributed by atoms with Crippen LogP contribution in [0.15, 0.2) is 36.9 Å². The molecule has 1 saturated heterocycles. The van der Waals surface area contributed by atoms with Crippen LogP contribution in [0.4, 0.5) is 5.69 Å². The van der Waals surface area contributed by atoms with Crippen LogP contribution < -0.4 is 9.64 Å². The van der Waals surface area contributed by atoms with Crippen molar-refractivity contribution in [2.75, 3.05) is 25.1 Å². The summed E-state index contributed by atoms with van der Waals surface area (Å²) in [5.74, 6) is 0.682. The Morgan fingerprint density at radius 1 is 1.27 bits per heavy atom. The molecule has 1 atom stereocenters. The average molecular weight is 357 g/mol. The van der Waals surface area contributed by atoms with Gasteiger partial charge in [-0.05, 0) is 37.6 Å². The number of amides is 2. The van der Waals surface area contributed by atoms with E-state index in [4.69, 9.17) is 4.74 Å². The second-order valence-electron chi connectivity index (χ2n) is 6.21. The van der Waals surface area contributed by atoms with E-state index >= 15 is 0 Å². The Balaban J connectivity index is 1.56. The van der Waals surface area contributed by atoms with E-state index in [0.29, 0.717) is 32.5 Å². The lowest BCUT2D eigenvalue weighted by Crippen LogP contribution is -2.57. The van der Waals surface area contributed by atoms with Gasteiger partial charge in [0.25, 0.3) is 0 Å². The molecule has 1 aliphatic rings. The van der Waals surface area contributed by atoms with Crippen molar-refractivity contribution in [2.45, 2.75) is 32.4 Å². The normalized spacial score (nSPS) is 17.5. The molecule has 0 N–H and O–H groups in total. The molecular formula is C18H23N5O3. The quantitative estimate of drug-likeness (QED) is 0.779. The highest BCUT2D eigenvalue weighted by Crippen LogP contribution is 2.23. The number of methoxy groups -OCH3 is 1. The van der Waals surface area contributed by atoms with Gasteiger partial charge >= 0.3 is 0 Å². The number of carbonyl (C=O) groups is 2. The number of carbonyl (C=O) groups excluding carboxylic acids is 2. The fourth-order valence-electron chi connectivity index (χ4n) is 3.11. The SMILES string of the molecule is COc1ccc(N2CCN(C(=O)CCCn3cncn3)[C@@H](C)C2=O)cc1. The molecule has 138 valence electrons. The fourth-order valence-corrected chi connectivity index (χ4v) is 3.11. The van der Waals surface area contributed by atoms with Crippen LogP contribution in [0.3, 0.4) is 0 Å². The molecule has 8 heteroatoms. The van der Waals surface area contributed by atoms with Gasteiger partial charge in [-0.2, -0.15) is 5.10 Å². The summed E-state index contributed by atoms with van der Waals surface area (Å²) in [7, 11) is 1.61. The van der Waals surface area contributed by atoms with Gasteiger partial charge < -0.3 is 14.5 Å². The maximum Gasteiger partial charge on any atom is 0.249 e. The lowest BCUT2D eigenvalue weighted by atomic mass is 10.1. The number of benzene rings is 1. The second kappa shape index (κ2) is 7.99. The number of nitrogens with zero attached hydrogens (tertiary/aromatic N) is 5. The topological polar surface area (TPSA) is 80.6 Å². The first-order chi connectivity index (χ1) is 12.6. The Bertz CT molecular complexity index is 745. The van der Waals surface area contributed by atoms with Crippen LogP contribution in [0.5, 0.6) is 5.75 Å². The van der Waals surface area contributed by atoms with Crippen molar-refractivity contribution in [3.05, 3.63) is 36.9 Å². The van der Waals surface area contributed by atoms with E-state index in [-0.39, 0.29) is 11.8 Å². The summed E-state index contributed by atoms with van der Waals surface area (Å²) >= 11 is 0. The van der Waals surface area contributed by atoms with E-state index in [1.165, 1.54) is 6.33 Å². The largest absolute Gasteiger partial charge is 0.497 e. The van der Waals surface area contributed by atoms with Crippen LogP contribution in [0.2, 0.25) is 0 Å². The zero-order chi connectivity index (χ0) is 18.5. The van der Waals surface area contributed by atoms with Crippen molar-refractivity contribution < 1.29 is 14.3 Å². The summed E-state index contributed by atoms with van der Waals surface area (Å²) < 4.78 is 6.85. The third-order valence-electron chi connectivity index (χ3n) is 4.60. The molecule has 1 aromatic carbocycles. The number of aromatic nitrogens is 3. The van der Waals surface area contributed by atoms with Gasteiger partial charge in [0.1, 0.15) is 24.4 Å². The van der Waals surface area contributed by atoms with Crippen LogP contribution in [-0.4, -0.2) is 57.7 Å². The Hall–Kier alpha value is -2.90. The van der Waals surface area contributed by atoms with Gasteiger partial charge in [-0.15, -0.1) is 0 Å². The molecule has 1 fully saturated rings. The second-order valence-corrected chi connectivity index (χ2v) is 6.21. The molecule has 2 aromatic rings. The number of hydrogen-bond donors (Lipinski definition) is 0. The van der Waals surface area contributed by atoms with E-state index in [1.807, 2.05) is 24.3 Å². The Morgan fingerprint density at radius 2 is 2.04 bits per heavy atom. The molecule has 0 aliphatic carbocycles. The van der Waals surface area contributed by atoms with Crippen LogP contribution in [0, 0.1) is 0 Å². The van der Waals surface area contributed by atoms with Gasteiger partial charge in [-0.25, -0.2) is 4.98 Å². The van der Waals surface area contributed by atoms with Gasteiger partial charge in [0.05, 0.1) is 7.11 Å². The van der Waals surface area contributed by atoms with Crippen molar-refractivity contribution in [1.29, 1.82) is 0 Å². The smallest absolute Gasteiger partial charge is 0.249 e. The monoisotopic (exact) mass is 357 g/mol. The molecule has 0 radical (unpaired) electrons. The van der Waals surface area contributed by atoms with Crippen molar-refractivity contribution in [3.63, 3.8) is 0 Å². The van der Waals surface area contributed by atoms with E-state index in [9.17, 15) is 9.59 Å². The molecule has 0 bridgehead atoms. The molecule has 0 unspecified atom stereocenters. The summed E-state index contributed by atoms with van der Waals surface area (Å²) in [6.45, 7) is 3.44. The predicted octanol–water partition coefficient (Wildman–Crippen LogP) is 1.33. The fraction of sp³-hybridized carbons (Fsp3) is 0.444. The molecule has 0 spiro atoms. The van der Waals surface area contributed by atoms with Crippen LogP contribution in [-0.2, 0) is 16.1 Å². The molecule has 1 aliphatic heterocycles. The number of ether oxygens (including phenoxy) is 1. The van der Waals surface area contributed by atoms with Gasteiger partial charge in [0.2, 0.25) is 11.8 Å². The summed E-state index contributed by atoms with van der Waals surface area (Å²) in [6.07, 6.45) is 4.16. The van der Waals surface area contributed by atoms with E-state index in [2.05, 4.69) is 10.1 Å². The van der Waals surface area contributed by atoms with Crippen LogP contribution in [0.1, 0.15) is 19.8 Å². The molecular weight excluding hydrogens is 334 g/mol. The maximum absolute atomic E-state index is 12.7. The minimum absolute atomic E-state index is 0.000321. The van der Waals surface area contributed by atoms with E-state index in [1.54, 1.807) is 34.8 Å². The lowest BCUT2D eigenvalue weighted by molar-refractivity contribution is -0.140. The third kappa shape index (κ3) is 3.84. The Morgan fingerprint density at radius 3 is 2.69 bits per heavy atom. The van der Waals surface area contributed by atoms with Crippen molar-refractivity contribution in [2.24, 2.45) is 0 Å².